The lowest BCUT2D eigenvalue weighted by Gasteiger charge is -2.35. The quantitative estimate of drug-likeness (QED) is 0.323. The van der Waals surface area contributed by atoms with Crippen molar-refractivity contribution in [3.63, 3.8) is 0 Å². The molecule has 0 bridgehead atoms. The summed E-state index contributed by atoms with van der Waals surface area (Å²) in [6.45, 7) is 13.2. The number of carbonyl (C=O) groups is 1. The number of hydrogen-bond acceptors (Lipinski definition) is 5. The lowest BCUT2D eigenvalue weighted by molar-refractivity contribution is 0.0952. The van der Waals surface area contributed by atoms with Crippen molar-refractivity contribution in [2.45, 2.75) is 66.1 Å². The smallest absolute Gasteiger partial charge is 0.253 e. The van der Waals surface area contributed by atoms with E-state index in [-0.39, 0.29) is 18.0 Å². The highest BCUT2D eigenvalue weighted by molar-refractivity contribution is 6.09. The number of piperazine rings is 1. The van der Waals surface area contributed by atoms with Gasteiger partial charge in [-0.05, 0) is 87.1 Å². The van der Waals surface area contributed by atoms with Crippen LogP contribution in [0, 0.1) is 20.8 Å². The molecule has 1 saturated heterocycles. The number of nitrogens with one attached hydrogen (secondary N) is 2. The lowest BCUT2D eigenvalue weighted by atomic mass is 9.98. The van der Waals surface area contributed by atoms with Gasteiger partial charge in [0.25, 0.3) is 11.5 Å². The highest BCUT2D eigenvalue weighted by atomic mass is 16.1. The van der Waals surface area contributed by atoms with E-state index < -0.39 is 0 Å². The zero-order valence-corrected chi connectivity index (χ0v) is 24.6. The molecule has 2 aliphatic rings. The minimum absolute atomic E-state index is 0.160. The molecule has 4 heterocycles. The molecule has 1 aliphatic carbocycles. The molecule has 214 valence electrons. The zero-order valence-electron chi connectivity index (χ0n) is 24.6. The first-order chi connectivity index (χ1) is 19.8. The van der Waals surface area contributed by atoms with Crippen LogP contribution in [-0.2, 0) is 13.1 Å². The average Bonchev–Trinajstić information content (AvgIpc) is 3.77. The fourth-order valence-electron chi connectivity index (χ4n) is 6.27. The van der Waals surface area contributed by atoms with Crippen LogP contribution in [0.25, 0.3) is 22.0 Å². The summed E-state index contributed by atoms with van der Waals surface area (Å²) in [5, 5.41) is 3.98. The number of rotatable bonds is 8. The molecule has 1 saturated carbocycles. The maximum Gasteiger partial charge on any atom is 0.253 e. The van der Waals surface area contributed by atoms with Crippen molar-refractivity contribution in [2.24, 2.45) is 0 Å². The van der Waals surface area contributed by atoms with Crippen LogP contribution < -0.4 is 15.8 Å². The molecule has 2 N–H and O–H groups in total. The molecule has 0 radical (unpaired) electrons. The Balaban J connectivity index is 1.30. The molecule has 0 atom stereocenters. The number of anilines is 1. The van der Waals surface area contributed by atoms with E-state index in [0.29, 0.717) is 11.1 Å². The summed E-state index contributed by atoms with van der Waals surface area (Å²) >= 11 is 0. The third kappa shape index (κ3) is 5.53. The summed E-state index contributed by atoms with van der Waals surface area (Å²) in [5.74, 6) is 0.818. The Kier molecular flexibility index (Phi) is 7.43. The maximum atomic E-state index is 13.7. The van der Waals surface area contributed by atoms with Crippen LogP contribution in [0.4, 0.5) is 5.82 Å². The first kappa shape index (κ1) is 27.3. The number of amides is 1. The Bertz CT molecular complexity index is 1640. The molecule has 1 aliphatic heterocycles. The Labute approximate surface area is 241 Å². The molecule has 6 rings (SSSR count). The summed E-state index contributed by atoms with van der Waals surface area (Å²) < 4.78 is 2.24. The number of aromatic nitrogens is 3. The largest absolute Gasteiger partial charge is 0.354 e. The van der Waals surface area contributed by atoms with Crippen LogP contribution in [0.2, 0.25) is 0 Å². The monoisotopic (exact) mass is 552 g/mol. The Morgan fingerprint density at radius 1 is 1.02 bits per heavy atom. The van der Waals surface area contributed by atoms with E-state index in [2.05, 4.69) is 62.9 Å². The fourth-order valence-corrected chi connectivity index (χ4v) is 6.27. The van der Waals surface area contributed by atoms with Gasteiger partial charge in [-0.15, -0.1) is 0 Å². The van der Waals surface area contributed by atoms with Crippen molar-refractivity contribution < 1.29 is 4.79 Å². The van der Waals surface area contributed by atoms with Gasteiger partial charge in [-0.2, -0.15) is 0 Å². The summed E-state index contributed by atoms with van der Waals surface area (Å²) in [6, 6.07) is 11.1. The number of aryl methyl sites for hydroxylation is 4. The summed E-state index contributed by atoms with van der Waals surface area (Å²) in [4.78, 5) is 38.9. The molecule has 4 aromatic rings. The molecule has 8 nitrogen and oxygen atoms in total. The van der Waals surface area contributed by atoms with Crippen molar-refractivity contribution in [3.05, 3.63) is 81.0 Å². The number of nitrogens with zero attached hydrogens (tertiary/aromatic N) is 4. The molecule has 3 aromatic heterocycles. The first-order valence-corrected chi connectivity index (χ1v) is 14.9. The van der Waals surface area contributed by atoms with Crippen LogP contribution >= 0.6 is 0 Å². The summed E-state index contributed by atoms with van der Waals surface area (Å²) in [7, 11) is 0. The zero-order chi connectivity index (χ0) is 28.7. The molecule has 0 unspecified atom stereocenters. The predicted octanol–water partition coefficient (Wildman–Crippen LogP) is 4.94. The van der Waals surface area contributed by atoms with Gasteiger partial charge in [-0.1, -0.05) is 6.92 Å². The Morgan fingerprint density at radius 3 is 2.46 bits per heavy atom. The third-order valence-electron chi connectivity index (χ3n) is 8.58. The van der Waals surface area contributed by atoms with Crippen LogP contribution in [0.5, 0.6) is 0 Å². The molecule has 8 heteroatoms. The molecule has 2 fully saturated rings. The topological polar surface area (TPSA) is 86.3 Å². The molecule has 0 spiro atoms. The van der Waals surface area contributed by atoms with Crippen LogP contribution in [0.15, 0.2) is 47.5 Å². The predicted molar refractivity (Wildman–Crippen MR) is 165 cm³/mol. The normalized spacial score (nSPS) is 16.0. The van der Waals surface area contributed by atoms with E-state index in [1.165, 1.54) is 12.8 Å². The fraction of sp³-hybridized carbons (Fsp3) is 0.424. The van der Waals surface area contributed by atoms with Crippen LogP contribution in [0.1, 0.15) is 58.9 Å². The highest BCUT2D eigenvalue weighted by Gasteiger charge is 2.31. The second-order valence-electron chi connectivity index (χ2n) is 11.7. The lowest BCUT2D eigenvalue weighted by Crippen LogP contribution is -2.47. The first-order valence-electron chi connectivity index (χ1n) is 14.9. The van der Waals surface area contributed by atoms with Crippen molar-refractivity contribution in [1.82, 2.24) is 24.8 Å². The van der Waals surface area contributed by atoms with Gasteiger partial charge in [0.15, 0.2) is 0 Å². The van der Waals surface area contributed by atoms with Gasteiger partial charge >= 0.3 is 0 Å². The number of hydrogen-bond donors (Lipinski definition) is 2. The minimum atomic E-state index is -0.188. The number of aromatic amines is 1. The van der Waals surface area contributed by atoms with E-state index in [1.807, 2.05) is 32.2 Å². The average molecular weight is 553 g/mol. The summed E-state index contributed by atoms with van der Waals surface area (Å²) in [6.07, 6.45) is 7.76. The van der Waals surface area contributed by atoms with E-state index in [0.717, 1.165) is 89.9 Å². The molecular weight excluding hydrogens is 512 g/mol. The Morgan fingerprint density at radius 2 is 1.80 bits per heavy atom. The molecule has 1 amide bonds. The number of carbonyl (C=O) groups excluding carboxylic acids is 1. The van der Waals surface area contributed by atoms with Crippen molar-refractivity contribution in [3.8, 4) is 11.1 Å². The van der Waals surface area contributed by atoms with Crippen molar-refractivity contribution in [1.29, 1.82) is 0 Å². The standard InChI is InChI=1S/C33H40N6O2/c1-5-10-39-20-22(3)31-27(32(40)35-19-28-21(2)15-23(4)36-33(28)41)16-25(17-29(31)39)24-6-9-30(34-18-24)38-13-11-37(12-14-38)26-7-8-26/h6,9,15-18,20,26H,5,7-8,10-14,19H2,1-4H3,(H,35,40)(H,36,41). The Hall–Kier alpha value is -3.91. The van der Waals surface area contributed by atoms with E-state index in [4.69, 9.17) is 4.98 Å². The van der Waals surface area contributed by atoms with E-state index >= 15 is 0 Å². The number of pyridine rings is 2. The summed E-state index contributed by atoms with van der Waals surface area (Å²) in [5.41, 5.74) is 6.76. The van der Waals surface area contributed by atoms with Crippen molar-refractivity contribution in [2.75, 3.05) is 31.1 Å². The number of fused-ring (bicyclic) bond motifs is 1. The molecule has 1 aromatic carbocycles. The van der Waals surface area contributed by atoms with Crippen molar-refractivity contribution >= 4 is 22.6 Å². The highest BCUT2D eigenvalue weighted by Crippen LogP contribution is 2.33. The van der Waals surface area contributed by atoms with Crippen LogP contribution in [0.3, 0.4) is 0 Å². The van der Waals surface area contributed by atoms with Crippen LogP contribution in [-0.4, -0.2) is 57.6 Å². The number of benzene rings is 1. The van der Waals surface area contributed by atoms with Gasteiger partial charge in [0.2, 0.25) is 0 Å². The van der Waals surface area contributed by atoms with Gasteiger partial charge in [-0.3, -0.25) is 14.5 Å². The van der Waals surface area contributed by atoms with Gasteiger partial charge in [0.05, 0.1) is 0 Å². The second kappa shape index (κ2) is 11.2. The number of H-pyrrole nitrogens is 1. The van der Waals surface area contributed by atoms with Gasteiger partial charge < -0.3 is 19.8 Å². The van der Waals surface area contributed by atoms with E-state index in [1.54, 1.807) is 0 Å². The van der Waals surface area contributed by atoms with Gasteiger partial charge in [0.1, 0.15) is 5.82 Å². The SMILES string of the molecule is CCCn1cc(C)c2c(C(=O)NCc3c(C)cc(C)[nH]c3=O)cc(-c3ccc(N4CCN(C5CC5)CC4)nc3)cc21. The maximum absolute atomic E-state index is 13.7. The third-order valence-corrected chi connectivity index (χ3v) is 8.58. The van der Waals surface area contributed by atoms with Gasteiger partial charge in [0, 0.05) is 91.0 Å². The second-order valence-corrected chi connectivity index (χ2v) is 11.7. The molecular formula is C33H40N6O2. The molecule has 41 heavy (non-hydrogen) atoms. The minimum Gasteiger partial charge on any atom is -0.354 e. The van der Waals surface area contributed by atoms with E-state index in [9.17, 15) is 9.59 Å². The van der Waals surface area contributed by atoms with Gasteiger partial charge in [-0.25, -0.2) is 4.98 Å².